The Morgan fingerprint density at radius 3 is 2.90 bits per heavy atom. The van der Waals surface area contributed by atoms with E-state index in [9.17, 15) is 15.2 Å². The van der Waals surface area contributed by atoms with Crippen LogP contribution in [0, 0.1) is 10.1 Å². The maximum absolute atomic E-state index is 11.3. The number of thiophene rings is 1. The minimum absolute atomic E-state index is 0.0765. The number of hydrogen-bond acceptors (Lipinski definition) is 5. The Bertz CT molecular complexity index is 681. The van der Waals surface area contributed by atoms with Gasteiger partial charge in [0.1, 0.15) is 0 Å². The van der Waals surface area contributed by atoms with Crippen LogP contribution in [0.25, 0.3) is 0 Å². The molecule has 6 heteroatoms. The van der Waals surface area contributed by atoms with Crippen LogP contribution in [0.3, 0.4) is 0 Å². The van der Waals surface area contributed by atoms with Gasteiger partial charge in [-0.2, -0.15) is 0 Å². The van der Waals surface area contributed by atoms with E-state index in [1.165, 1.54) is 23.0 Å². The molecule has 1 atom stereocenters. The summed E-state index contributed by atoms with van der Waals surface area (Å²) in [7, 11) is 0. The number of rotatable bonds is 3. The number of nitrogens with zero attached hydrogens (tertiary/aromatic N) is 2. The molecule has 1 aliphatic heterocycles. The summed E-state index contributed by atoms with van der Waals surface area (Å²) in [5.74, 6) is 0. The summed E-state index contributed by atoms with van der Waals surface area (Å²) in [4.78, 5) is 13.6. The molecule has 0 saturated carbocycles. The zero-order valence-electron chi connectivity index (χ0n) is 11.7. The molecule has 2 aromatic rings. The molecule has 1 N–H and O–H groups in total. The zero-order chi connectivity index (χ0) is 15.0. The number of nitro groups is 1. The lowest BCUT2D eigenvalue weighted by atomic mass is 10.0. The van der Waals surface area contributed by atoms with Crippen molar-refractivity contribution in [3.8, 4) is 0 Å². The van der Waals surface area contributed by atoms with Crippen LogP contribution in [-0.2, 0) is 6.42 Å². The van der Waals surface area contributed by atoms with Gasteiger partial charge in [0.2, 0.25) is 0 Å². The zero-order valence-corrected chi connectivity index (χ0v) is 12.5. The fourth-order valence-corrected chi connectivity index (χ4v) is 3.77. The molecule has 0 fully saturated rings. The van der Waals surface area contributed by atoms with Gasteiger partial charge in [0.05, 0.1) is 11.0 Å². The van der Waals surface area contributed by atoms with Crippen LogP contribution in [0.4, 0.5) is 16.4 Å². The highest BCUT2D eigenvalue weighted by molar-refractivity contribution is 7.16. The maximum Gasteiger partial charge on any atom is 0.304 e. The Hall–Kier alpha value is -1.92. The molecule has 1 aromatic heterocycles. The van der Waals surface area contributed by atoms with Crippen molar-refractivity contribution in [2.24, 2.45) is 0 Å². The lowest BCUT2D eigenvalue weighted by Crippen LogP contribution is -2.24. The molecule has 5 nitrogen and oxygen atoms in total. The summed E-state index contributed by atoms with van der Waals surface area (Å²) in [5.41, 5.74) is 2.32. The fourth-order valence-electron chi connectivity index (χ4n) is 2.66. The van der Waals surface area contributed by atoms with Gasteiger partial charge in [-0.05, 0) is 31.4 Å². The number of para-hydroxylation sites is 1. The Kier molecular flexibility index (Phi) is 3.65. The Morgan fingerprint density at radius 1 is 1.43 bits per heavy atom. The van der Waals surface area contributed by atoms with Crippen LogP contribution in [-0.4, -0.2) is 16.6 Å². The summed E-state index contributed by atoms with van der Waals surface area (Å²) >= 11 is 1.30. The second kappa shape index (κ2) is 5.46. The molecule has 0 spiro atoms. The van der Waals surface area contributed by atoms with E-state index >= 15 is 0 Å². The molecule has 1 aliphatic rings. The number of aliphatic hydroxyl groups is 1. The lowest BCUT2D eigenvalue weighted by Gasteiger charge is -2.29. The third-order valence-corrected chi connectivity index (χ3v) is 4.99. The van der Waals surface area contributed by atoms with Crippen molar-refractivity contribution >= 4 is 27.7 Å². The largest absolute Gasteiger partial charge is 0.388 e. The van der Waals surface area contributed by atoms with Crippen molar-refractivity contribution in [2.75, 3.05) is 11.4 Å². The van der Waals surface area contributed by atoms with Crippen molar-refractivity contribution in [1.82, 2.24) is 0 Å². The van der Waals surface area contributed by atoms with E-state index in [4.69, 9.17) is 0 Å². The first-order valence-corrected chi connectivity index (χ1v) is 7.71. The van der Waals surface area contributed by atoms with E-state index in [1.54, 1.807) is 6.92 Å². The van der Waals surface area contributed by atoms with Crippen LogP contribution < -0.4 is 4.90 Å². The van der Waals surface area contributed by atoms with E-state index in [0.29, 0.717) is 9.88 Å². The molecule has 0 unspecified atom stereocenters. The second-order valence-electron chi connectivity index (χ2n) is 5.16. The summed E-state index contributed by atoms with van der Waals surface area (Å²) in [6.45, 7) is 2.39. The highest BCUT2D eigenvalue weighted by Gasteiger charge is 2.28. The molecule has 0 saturated heterocycles. The van der Waals surface area contributed by atoms with Crippen molar-refractivity contribution in [2.45, 2.75) is 25.9 Å². The molecule has 21 heavy (non-hydrogen) atoms. The van der Waals surface area contributed by atoms with Crippen LogP contribution in [0.2, 0.25) is 0 Å². The van der Waals surface area contributed by atoms with Crippen molar-refractivity contribution in [3.63, 3.8) is 0 Å². The van der Waals surface area contributed by atoms with Gasteiger partial charge >= 0.3 is 5.69 Å². The Labute approximate surface area is 126 Å². The predicted molar refractivity (Wildman–Crippen MR) is 83.4 cm³/mol. The first kappa shape index (κ1) is 14.0. The number of benzene rings is 1. The van der Waals surface area contributed by atoms with Gasteiger partial charge in [-0.3, -0.25) is 10.1 Å². The minimum Gasteiger partial charge on any atom is -0.388 e. The number of anilines is 2. The number of hydrogen-bond donors (Lipinski definition) is 1. The average Bonchev–Trinajstić information content (AvgIpc) is 2.92. The molecule has 0 radical (unpaired) electrons. The van der Waals surface area contributed by atoms with E-state index in [0.717, 1.165) is 25.1 Å². The minimum atomic E-state index is -0.692. The monoisotopic (exact) mass is 304 g/mol. The van der Waals surface area contributed by atoms with Gasteiger partial charge in [0.25, 0.3) is 0 Å². The van der Waals surface area contributed by atoms with Gasteiger partial charge in [0.15, 0.2) is 5.00 Å². The Morgan fingerprint density at radius 2 is 2.19 bits per heavy atom. The normalized spacial score (nSPS) is 15.6. The highest BCUT2D eigenvalue weighted by Crippen LogP contribution is 2.45. The van der Waals surface area contributed by atoms with Gasteiger partial charge in [-0.15, -0.1) is 11.3 Å². The predicted octanol–water partition coefficient (Wildman–Crippen LogP) is 3.79. The third kappa shape index (κ3) is 2.52. The molecule has 110 valence electrons. The number of fused-ring (bicyclic) bond motifs is 1. The quantitative estimate of drug-likeness (QED) is 0.692. The molecule has 1 aromatic carbocycles. The Balaban J connectivity index is 2.11. The van der Waals surface area contributed by atoms with Crippen molar-refractivity contribution in [3.05, 3.63) is 50.9 Å². The van der Waals surface area contributed by atoms with Crippen molar-refractivity contribution in [1.29, 1.82) is 0 Å². The molecule has 0 bridgehead atoms. The average molecular weight is 304 g/mol. The van der Waals surface area contributed by atoms with Gasteiger partial charge in [0, 0.05) is 23.2 Å². The topological polar surface area (TPSA) is 66.6 Å². The van der Waals surface area contributed by atoms with Crippen LogP contribution in [0.15, 0.2) is 30.3 Å². The maximum atomic E-state index is 11.3. The third-order valence-electron chi connectivity index (χ3n) is 3.68. The molecular formula is C15H16N2O3S. The van der Waals surface area contributed by atoms with Gasteiger partial charge in [-0.25, -0.2) is 0 Å². The van der Waals surface area contributed by atoms with Crippen molar-refractivity contribution < 1.29 is 10.0 Å². The van der Waals surface area contributed by atoms with Gasteiger partial charge < -0.3 is 10.0 Å². The smallest absolute Gasteiger partial charge is 0.304 e. The van der Waals surface area contributed by atoms with E-state index in [2.05, 4.69) is 6.07 Å². The molecule has 0 amide bonds. The first-order chi connectivity index (χ1) is 10.1. The summed E-state index contributed by atoms with van der Waals surface area (Å²) in [6.07, 6.45) is 1.27. The SMILES string of the molecule is C[C@H](O)c1cc([N+](=O)[O-])c(N2CCCc3ccccc32)s1. The van der Waals surface area contributed by atoms with Crippen LogP contribution in [0.5, 0.6) is 0 Å². The second-order valence-corrected chi connectivity index (χ2v) is 6.22. The summed E-state index contributed by atoms with van der Waals surface area (Å²) in [5, 5.41) is 21.6. The van der Waals surface area contributed by atoms with Crippen LogP contribution in [0.1, 0.15) is 29.9 Å². The van der Waals surface area contributed by atoms with E-state index < -0.39 is 6.10 Å². The standard InChI is InChI=1S/C15H16N2O3S/c1-10(18)14-9-13(17(19)20)15(21-14)16-8-4-6-11-5-2-3-7-12(11)16/h2-3,5,7,9-10,18H,4,6,8H2,1H3/t10-/m0/s1. The molecule has 2 heterocycles. The first-order valence-electron chi connectivity index (χ1n) is 6.89. The fraction of sp³-hybridized carbons (Fsp3) is 0.333. The molecule has 0 aliphatic carbocycles. The lowest BCUT2D eigenvalue weighted by molar-refractivity contribution is -0.383. The van der Waals surface area contributed by atoms with Crippen LogP contribution >= 0.6 is 11.3 Å². The molecular weight excluding hydrogens is 288 g/mol. The van der Waals surface area contributed by atoms with Gasteiger partial charge in [-0.1, -0.05) is 18.2 Å². The summed E-state index contributed by atoms with van der Waals surface area (Å²) in [6, 6.07) is 9.50. The summed E-state index contributed by atoms with van der Waals surface area (Å²) < 4.78 is 0. The number of aryl methyl sites for hydroxylation is 1. The van der Waals surface area contributed by atoms with E-state index in [-0.39, 0.29) is 10.6 Å². The number of aliphatic hydroxyl groups excluding tert-OH is 1. The van der Waals surface area contributed by atoms with E-state index in [1.807, 2.05) is 23.1 Å². The highest BCUT2D eigenvalue weighted by atomic mass is 32.1. The molecule has 3 rings (SSSR count).